The Bertz CT molecular complexity index is 806. The molecule has 1 amide bonds. The number of nitrogens with zero attached hydrogens (tertiary/aromatic N) is 3. The van der Waals surface area contributed by atoms with Crippen LogP contribution in [0.2, 0.25) is 0 Å². The molecule has 0 aliphatic carbocycles. The molecule has 3 rings (SSSR count). The molecule has 0 saturated carbocycles. The van der Waals surface area contributed by atoms with E-state index >= 15 is 0 Å². The number of hydrogen-bond donors (Lipinski definition) is 1. The highest BCUT2D eigenvalue weighted by Gasteiger charge is 2.27. The topological polar surface area (TPSA) is 71.0 Å². The molecule has 0 unspecified atom stereocenters. The monoisotopic (exact) mass is 342 g/mol. The predicted octanol–water partition coefficient (Wildman–Crippen LogP) is 2.01. The number of hydrogen-bond acceptors (Lipinski definition) is 3. The molecule has 1 aliphatic rings. The zero-order valence-corrected chi connectivity index (χ0v) is 15.2. The van der Waals surface area contributed by atoms with Gasteiger partial charge in [0.1, 0.15) is 0 Å². The predicted molar refractivity (Wildman–Crippen MR) is 96.5 cm³/mol. The van der Waals surface area contributed by atoms with E-state index in [9.17, 15) is 9.59 Å². The minimum Gasteiger partial charge on any atom is -0.338 e. The van der Waals surface area contributed by atoms with Crippen LogP contribution in [0.25, 0.3) is 0 Å². The third kappa shape index (κ3) is 4.38. The van der Waals surface area contributed by atoms with E-state index in [0.717, 1.165) is 38.0 Å². The molecule has 0 radical (unpaired) electrons. The van der Waals surface area contributed by atoms with Crippen LogP contribution in [0.4, 0.5) is 0 Å². The Hall–Kier alpha value is -2.37. The number of aryl methyl sites for hydroxylation is 1. The average molecular weight is 342 g/mol. The standard InChI is InChI=1S/C19H26N4O2/c1-13(2)6-17-8-16(9-18(24)21-17)19(25)23-5-4-14(12-23)7-15-10-20-22(3)11-15/h8-11,13-14H,4-7,12H2,1-3H3,(H,21,24)/t14-/m1/s1. The summed E-state index contributed by atoms with van der Waals surface area (Å²) in [6.45, 7) is 5.67. The number of rotatable bonds is 5. The van der Waals surface area contributed by atoms with Crippen molar-refractivity contribution in [1.82, 2.24) is 19.7 Å². The summed E-state index contributed by atoms with van der Waals surface area (Å²) in [6.07, 6.45) is 6.60. The number of H-pyrrole nitrogens is 1. The summed E-state index contributed by atoms with van der Waals surface area (Å²) in [5.41, 5.74) is 2.34. The van der Waals surface area contributed by atoms with Crippen molar-refractivity contribution in [2.45, 2.75) is 33.1 Å². The minimum atomic E-state index is -0.201. The Labute approximate surface area is 147 Å². The molecule has 0 bridgehead atoms. The van der Waals surface area contributed by atoms with Crippen LogP contribution in [0.15, 0.2) is 29.3 Å². The molecule has 1 fully saturated rings. The summed E-state index contributed by atoms with van der Waals surface area (Å²) in [6, 6.07) is 3.25. The quantitative estimate of drug-likeness (QED) is 0.903. The SMILES string of the molecule is CC(C)Cc1cc(C(=O)N2CC[C@H](Cc3cnn(C)c3)C2)cc(=O)[nH]1. The van der Waals surface area contributed by atoms with E-state index in [1.54, 1.807) is 4.68 Å². The van der Waals surface area contributed by atoms with Gasteiger partial charge in [0, 0.05) is 43.7 Å². The summed E-state index contributed by atoms with van der Waals surface area (Å²) < 4.78 is 1.81. The summed E-state index contributed by atoms with van der Waals surface area (Å²) >= 11 is 0. The van der Waals surface area contributed by atoms with Crippen molar-refractivity contribution in [1.29, 1.82) is 0 Å². The van der Waals surface area contributed by atoms with Gasteiger partial charge >= 0.3 is 0 Å². The first-order chi connectivity index (χ1) is 11.9. The van der Waals surface area contributed by atoms with Crippen LogP contribution in [0, 0.1) is 11.8 Å². The van der Waals surface area contributed by atoms with Gasteiger partial charge < -0.3 is 9.88 Å². The number of aromatic amines is 1. The maximum Gasteiger partial charge on any atom is 0.254 e. The minimum absolute atomic E-state index is 0.0372. The van der Waals surface area contributed by atoms with Gasteiger partial charge in [0.25, 0.3) is 5.91 Å². The molecule has 0 aromatic carbocycles. The average Bonchev–Trinajstić information content (AvgIpc) is 3.15. The molecule has 1 saturated heterocycles. The lowest BCUT2D eigenvalue weighted by atomic mass is 10.0. The lowest BCUT2D eigenvalue weighted by Gasteiger charge is -2.17. The summed E-state index contributed by atoms with van der Waals surface area (Å²) in [7, 11) is 1.91. The Morgan fingerprint density at radius 3 is 2.88 bits per heavy atom. The van der Waals surface area contributed by atoms with Gasteiger partial charge in [0.2, 0.25) is 5.56 Å². The van der Waals surface area contributed by atoms with Gasteiger partial charge in [-0.15, -0.1) is 0 Å². The zero-order valence-electron chi connectivity index (χ0n) is 15.2. The number of nitrogens with one attached hydrogen (secondary N) is 1. The fourth-order valence-electron chi connectivity index (χ4n) is 3.55. The highest BCUT2D eigenvalue weighted by atomic mass is 16.2. The van der Waals surface area contributed by atoms with Crippen LogP contribution in [0.3, 0.4) is 0 Å². The first-order valence-electron chi connectivity index (χ1n) is 8.90. The molecule has 6 heteroatoms. The van der Waals surface area contributed by atoms with Gasteiger partial charge in [-0.1, -0.05) is 13.8 Å². The summed E-state index contributed by atoms with van der Waals surface area (Å²) in [5, 5.41) is 4.20. The van der Waals surface area contributed by atoms with Gasteiger partial charge in [-0.25, -0.2) is 0 Å². The van der Waals surface area contributed by atoms with Crippen LogP contribution in [-0.4, -0.2) is 38.7 Å². The van der Waals surface area contributed by atoms with Crippen LogP contribution < -0.4 is 5.56 Å². The number of carbonyl (C=O) groups is 1. The molecule has 25 heavy (non-hydrogen) atoms. The molecule has 134 valence electrons. The van der Waals surface area contributed by atoms with E-state index in [2.05, 4.69) is 23.9 Å². The van der Waals surface area contributed by atoms with Crippen molar-refractivity contribution < 1.29 is 4.79 Å². The van der Waals surface area contributed by atoms with Gasteiger partial charge in [-0.05, 0) is 42.7 Å². The molecule has 6 nitrogen and oxygen atoms in total. The maximum absolute atomic E-state index is 12.8. The molecule has 3 heterocycles. The normalized spacial score (nSPS) is 17.4. The van der Waals surface area contributed by atoms with Crippen molar-refractivity contribution in [2.75, 3.05) is 13.1 Å². The largest absolute Gasteiger partial charge is 0.338 e. The first-order valence-corrected chi connectivity index (χ1v) is 8.90. The Morgan fingerprint density at radius 2 is 2.20 bits per heavy atom. The molecule has 2 aromatic heterocycles. The number of carbonyl (C=O) groups excluding carboxylic acids is 1. The highest BCUT2D eigenvalue weighted by Crippen LogP contribution is 2.22. The van der Waals surface area contributed by atoms with Crippen molar-refractivity contribution in [2.24, 2.45) is 18.9 Å². The third-order valence-corrected chi connectivity index (χ3v) is 4.63. The van der Waals surface area contributed by atoms with Crippen molar-refractivity contribution in [3.63, 3.8) is 0 Å². The van der Waals surface area contributed by atoms with Gasteiger partial charge in [-0.2, -0.15) is 5.10 Å². The third-order valence-electron chi connectivity index (χ3n) is 4.63. The van der Waals surface area contributed by atoms with Gasteiger partial charge in [-0.3, -0.25) is 14.3 Å². The second-order valence-corrected chi connectivity index (χ2v) is 7.49. The molecule has 1 aliphatic heterocycles. The fourth-order valence-corrected chi connectivity index (χ4v) is 3.55. The number of amides is 1. The van der Waals surface area contributed by atoms with Crippen LogP contribution in [0.1, 0.15) is 41.9 Å². The first kappa shape index (κ1) is 17.5. The van der Waals surface area contributed by atoms with E-state index in [1.165, 1.54) is 11.6 Å². The lowest BCUT2D eigenvalue weighted by Crippen LogP contribution is -2.30. The second kappa shape index (κ2) is 7.25. The Balaban J connectivity index is 1.67. The Morgan fingerprint density at radius 1 is 1.40 bits per heavy atom. The fraction of sp³-hybridized carbons (Fsp3) is 0.526. The zero-order chi connectivity index (χ0) is 18.0. The molecular weight excluding hydrogens is 316 g/mol. The van der Waals surface area contributed by atoms with Gasteiger partial charge in [0.05, 0.1) is 6.20 Å². The molecule has 0 spiro atoms. The van der Waals surface area contributed by atoms with Crippen molar-refractivity contribution in [3.05, 3.63) is 51.7 Å². The number of pyridine rings is 1. The Kier molecular flexibility index (Phi) is 5.06. The van der Waals surface area contributed by atoms with Crippen molar-refractivity contribution in [3.8, 4) is 0 Å². The second-order valence-electron chi connectivity index (χ2n) is 7.49. The van der Waals surface area contributed by atoms with Crippen LogP contribution in [-0.2, 0) is 19.9 Å². The molecule has 1 atom stereocenters. The summed E-state index contributed by atoms with van der Waals surface area (Å²) in [5.74, 6) is 0.840. The molecule has 2 aromatic rings. The maximum atomic E-state index is 12.8. The van der Waals surface area contributed by atoms with E-state index in [4.69, 9.17) is 0 Å². The smallest absolute Gasteiger partial charge is 0.254 e. The number of likely N-dealkylation sites (tertiary alicyclic amines) is 1. The molecular formula is C19H26N4O2. The van der Waals surface area contributed by atoms with Crippen LogP contribution >= 0.6 is 0 Å². The lowest BCUT2D eigenvalue weighted by molar-refractivity contribution is 0.0786. The summed E-state index contributed by atoms with van der Waals surface area (Å²) in [4.78, 5) is 29.4. The van der Waals surface area contributed by atoms with Gasteiger partial charge in [0.15, 0.2) is 0 Å². The van der Waals surface area contributed by atoms with E-state index in [-0.39, 0.29) is 11.5 Å². The van der Waals surface area contributed by atoms with E-state index < -0.39 is 0 Å². The highest BCUT2D eigenvalue weighted by molar-refractivity contribution is 5.94. The van der Waals surface area contributed by atoms with Crippen LogP contribution in [0.5, 0.6) is 0 Å². The van der Waals surface area contributed by atoms with E-state index in [1.807, 2.05) is 30.4 Å². The number of aromatic nitrogens is 3. The van der Waals surface area contributed by atoms with Crippen molar-refractivity contribution >= 4 is 5.91 Å². The molecule has 1 N–H and O–H groups in total. The van der Waals surface area contributed by atoms with E-state index in [0.29, 0.717) is 17.4 Å².